The Bertz CT molecular complexity index is 1180. The Morgan fingerprint density at radius 1 is 1.13 bits per heavy atom. The van der Waals surface area contributed by atoms with E-state index >= 15 is 0 Å². The first-order valence-corrected chi connectivity index (χ1v) is 12.1. The number of hydrogen-bond donors (Lipinski definition) is 1. The third-order valence-electron chi connectivity index (χ3n) is 5.23. The van der Waals surface area contributed by atoms with Gasteiger partial charge in [-0.25, -0.2) is 0 Å². The second kappa shape index (κ2) is 8.78. The summed E-state index contributed by atoms with van der Waals surface area (Å²) in [6.45, 7) is 8.44. The van der Waals surface area contributed by atoms with E-state index in [0.29, 0.717) is 12.3 Å². The quantitative estimate of drug-likeness (QED) is 0.352. The highest BCUT2D eigenvalue weighted by Gasteiger charge is 2.22. The minimum atomic E-state index is -0.242. The first-order chi connectivity index (χ1) is 14.5. The van der Waals surface area contributed by atoms with Crippen molar-refractivity contribution in [1.29, 1.82) is 0 Å². The average molecular weight is 439 g/mol. The van der Waals surface area contributed by atoms with Crippen LogP contribution in [-0.4, -0.2) is 25.8 Å². The molecule has 0 aliphatic carbocycles. The molecule has 0 unspecified atom stereocenters. The fraction of sp³-hybridized carbons (Fsp3) is 0.348. The Labute approximate surface area is 184 Å². The highest BCUT2D eigenvalue weighted by molar-refractivity contribution is 8.00. The minimum Gasteiger partial charge on any atom is -0.325 e. The maximum absolute atomic E-state index is 13.0. The van der Waals surface area contributed by atoms with Gasteiger partial charge in [0.25, 0.3) is 0 Å². The number of hydrogen-bond acceptors (Lipinski definition) is 5. The maximum Gasteiger partial charge on any atom is 0.237 e. The summed E-state index contributed by atoms with van der Waals surface area (Å²) in [5, 5.41) is 14.6. The number of aromatic nitrogens is 3. The van der Waals surface area contributed by atoms with Crippen LogP contribution in [0, 0.1) is 0 Å². The van der Waals surface area contributed by atoms with E-state index in [9.17, 15) is 4.79 Å². The maximum atomic E-state index is 13.0. The van der Waals surface area contributed by atoms with Crippen molar-refractivity contribution in [3.63, 3.8) is 0 Å². The monoisotopic (exact) mass is 438 g/mol. The molecule has 1 N–H and O–H groups in total. The van der Waals surface area contributed by atoms with Gasteiger partial charge in [-0.3, -0.25) is 9.20 Å². The van der Waals surface area contributed by atoms with Crippen LogP contribution in [0.3, 0.4) is 0 Å². The van der Waals surface area contributed by atoms with Gasteiger partial charge in [-0.2, -0.15) is 0 Å². The summed E-state index contributed by atoms with van der Waals surface area (Å²) in [7, 11) is 0. The zero-order valence-corrected chi connectivity index (χ0v) is 19.3. The lowest BCUT2D eigenvalue weighted by Gasteiger charge is -2.16. The van der Waals surface area contributed by atoms with Crippen LogP contribution in [0.15, 0.2) is 46.8 Å². The summed E-state index contributed by atoms with van der Waals surface area (Å²) >= 11 is 3.20. The van der Waals surface area contributed by atoms with E-state index in [1.807, 2.05) is 19.1 Å². The molecule has 0 saturated carbocycles. The van der Waals surface area contributed by atoms with Crippen molar-refractivity contribution in [3.05, 3.63) is 53.2 Å². The van der Waals surface area contributed by atoms with Crippen LogP contribution < -0.4 is 5.32 Å². The normalized spacial score (nSPS) is 12.7. The van der Waals surface area contributed by atoms with Crippen molar-refractivity contribution >= 4 is 50.4 Å². The average Bonchev–Trinajstić information content (AvgIpc) is 3.34. The molecule has 0 aliphatic rings. The second-order valence-corrected chi connectivity index (χ2v) is 9.73. The third kappa shape index (κ3) is 3.96. The molecule has 1 atom stereocenters. The smallest absolute Gasteiger partial charge is 0.237 e. The van der Waals surface area contributed by atoms with Gasteiger partial charge in [-0.15, -0.1) is 21.5 Å². The van der Waals surface area contributed by atoms with Gasteiger partial charge < -0.3 is 5.32 Å². The SMILES string of the molecule is CCc1nnc(S[C@H](CC)C(=O)Nc2ccc(C(C)C)cc2)c2cc3sccc3n12. The summed E-state index contributed by atoms with van der Waals surface area (Å²) in [6, 6.07) is 12.4. The molecule has 0 bridgehead atoms. The molecule has 1 amide bonds. The van der Waals surface area contributed by atoms with Gasteiger partial charge in [0.1, 0.15) is 10.9 Å². The Morgan fingerprint density at radius 3 is 2.57 bits per heavy atom. The van der Waals surface area contributed by atoms with Gasteiger partial charge >= 0.3 is 0 Å². The highest BCUT2D eigenvalue weighted by Crippen LogP contribution is 2.34. The Kier molecular flexibility index (Phi) is 6.11. The number of nitrogens with zero attached hydrogens (tertiary/aromatic N) is 3. The number of aryl methyl sites for hydroxylation is 1. The number of carbonyl (C=O) groups is 1. The first kappa shape index (κ1) is 20.9. The van der Waals surface area contributed by atoms with Gasteiger partial charge in [0.15, 0.2) is 0 Å². The molecule has 30 heavy (non-hydrogen) atoms. The number of fused-ring (bicyclic) bond motifs is 3. The van der Waals surface area contributed by atoms with E-state index in [1.54, 1.807) is 11.3 Å². The number of nitrogens with one attached hydrogen (secondary N) is 1. The van der Waals surface area contributed by atoms with Gasteiger partial charge in [0.2, 0.25) is 5.91 Å². The van der Waals surface area contributed by atoms with Crippen LogP contribution in [0.4, 0.5) is 5.69 Å². The van der Waals surface area contributed by atoms with Crippen molar-refractivity contribution in [2.45, 2.75) is 56.7 Å². The van der Waals surface area contributed by atoms with Gasteiger partial charge in [-0.05, 0) is 47.5 Å². The second-order valence-electron chi connectivity index (χ2n) is 7.59. The number of rotatable bonds is 7. The van der Waals surface area contributed by atoms with Crippen LogP contribution in [0.1, 0.15) is 51.4 Å². The van der Waals surface area contributed by atoms with Crippen LogP contribution in [0.5, 0.6) is 0 Å². The van der Waals surface area contributed by atoms with E-state index in [1.165, 1.54) is 22.0 Å². The largest absolute Gasteiger partial charge is 0.325 e. The fourth-order valence-electron chi connectivity index (χ4n) is 3.50. The summed E-state index contributed by atoms with van der Waals surface area (Å²) in [5.41, 5.74) is 4.27. The molecular weight excluding hydrogens is 412 g/mol. The molecule has 0 aliphatic heterocycles. The van der Waals surface area contributed by atoms with Crippen LogP contribution >= 0.6 is 23.1 Å². The van der Waals surface area contributed by atoms with Gasteiger partial charge in [0, 0.05) is 12.1 Å². The van der Waals surface area contributed by atoms with E-state index < -0.39 is 0 Å². The molecule has 4 aromatic rings. The standard InChI is InChI=1S/C23H26N4OS2/c1-5-19(22(28)24-16-9-7-15(8-10-16)14(3)4)30-23-18-13-20-17(11-12-29-20)27(18)21(6-2)25-26-23/h7-14,19H,5-6H2,1-4H3,(H,24,28)/t19-/m1/s1. The van der Waals surface area contributed by atoms with Crippen molar-refractivity contribution in [1.82, 2.24) is 14.6 Å². The summed E-state index contributed by atoms with van der Waals surface area (Å²) in [5.74, 6) is 1.40. The summed E-state index contributed by atoms with van der Waals surface area (Å²) < 4.78 is 3.39. The van der Waals surface area contributed by atoms with E-state index in [-0.39, 0.29) is 11.2 Å². The minimum absolute atomic E-state index is 0.00677. The van der Waals surface area contributed by atoms with Crippen molar-refractivity contribution in [2.75, 3.05) is 5.32 Å². The van der Waals surface area contributed by atoms with E-state index in [4.69, 9.17) is 0 Å². The molecule has 0 radical (unpaired) electrons. The lowest BCUT2D eigenvalue weighted by molar-refractivity contribution is -0.115. The lowest BCUT2D eigenvalue weighted by atomic mass is 10.0. The van der Waals surface area contributed by atoms with Crippen LogP contribution in [0.2, 0.25) is 0 Å². The number of benzene rings is 1. The molecule has 0 spiro atoms. The number of carbonyl (C=O) groups excluding carboxylic acids is 1. The molecule has 3 aromatic heterocycles. The molecule has 7 heteroatoms. The van der Waals surface area contributed by atoms with E-state index in [0.717, 1.165) is 34.0 Å². The van der Waals surface area contributed by atoms with E-state index in [2.05, 4.69) is 70.3 Å². The summed E-state index contributed by atoms with van der Waals surface area (Å²) in [6.07, 6.45) is 1.51. The molecule has 0 saturated heterocycles. The topological polar surface area (TPSA) is 59.3 Å². The van der Waals surface area contributed by atoms with Crippen molar-refractivity contribution in [2.24, 2.45) is 0 Å². The molecule has 5 nitrogen and oxygen atoms in total. The predicted octanol–water partition coefficient (Wildman–Crippen LogP) is 6.14. The Morgan fingerprint density at radius 2 is 1.90 bits per heavy atom. The zero-order chi connectivity index (χ0) is 21.3. The number of amides is 1. The predicted molar refractivity (Wildman–Crippen MR) is 127 cm³/mol. The van der Waals surface area contributed by atoms with Crippen molar-refractivity contribution < 1.29 is 4.79 Å². The van der Waals surface area contributed by atoms with Crippen LogP contribution in [-0.2, 0) is 11.2 Å². The Balaban J connectivity index is 1.58. The van der Waals surface area contributed by atoms with Gasteiger partial charge in [0.05, 0.1) is 21.0 Å². The lowest BCUT2D eigenvalue weighted by Crippen LogP contribution is -2.25. The first-order valence-electron chi connectivity index (χ1n) is 10.3. The molecule has 0 fully saturated rings. The molecule has 3 heterocycles. The highest BCUT2D eigenvalue weighted by atomic mass is 32.2. The zero-order valence-electron chi connectivity index (χ0n) is 17.7. The number of thiophene rings is 1. The third-order valence-corrected chi connectivity index (χ3v) is 7.43. The number of thioether (sulfide) groups is 1. The Hall–Kier alpha value is -2.38. The number of anilines is 1. The molecule has 4 rings (SSSR count). The molecular formula is C23H26N4OS2. The molecule has 1 aromatic carbocycles. The summed E-state index contributed by atoms with van der Waals surface area (Å²) in [4.78, 5) is 13.0. The van der Waals surface area contributed by atoms with Crippen LogP contribution in [0.25, 0.3) is 15.7 Å². The fourth-order valence-corrected chi connectivity index (χ4v) is 5.27. The van der Waals surface area contributed by atoms with Crippen molar-refractivity contribution in [3.8, 4) is 0 Å². The molecule has 156 valence electrons. The van der Waals surface area contributed by atoms with Gasteiger partial charge in [-0.1, -0.05) is 51.6 Å².